The molecule has 0 radical (unpaired) electrons. The lowest BCUT2D eigenvalue weighted by molar-refractivity contribution is -0.139. The first-order valence-electron chi connectivity index (χ1n) is 7.09. The van der Waals surface area contributed by atoms with E-state index in [0.29, 0.717) is 18.5 Å². The standard InChI is InChI=1S/C17H17N3O3/c21-15-8-4-7-14(11-15)12-19-20-17(23)16(22)18-10-9-13-5-2-1-3-6-13/h1-8,11-12,21H,9-10H2,(H,18,22)(H,20,23)/b19-12-. The highest BCUT2D eigenvalue weighted by molar-refractivity contribution is 6.35. The van der Waals surface area contributed by atoms with Gasteiger partial charge in [-0.15, -0.1) is 0 Å². The number of aromatic hydroxyl groups is 1. The van der Waals surface area contributed by atoms with Crippen LogP contribution in [0.4, 0.5) is 0 Å². The van der Waals surface area contributed by atoms with Gasteiger partial charge < -0.3 is 10.4 Å². The maximum absolute atomic E-state index is 11.6. The molecule has 0 spiro atoms. The number of hydrogen-bond donors (Lipinski definition) is 3. The molecule has 6 heteroatoms. The minimum Gasteiger partial charge on any atom is -0.508 e. The summed E-state index contributed by atoms with van der Waals surface area (Å²) < 4.78 is 0. The summed E-state index contributed by atoms with van der Waals surface area (Å²) in [6.07, 6.45) is 1.99. The molecule has 6 nitrogen and oxygen atoms in total. The molecular weight excluding hydrogens is 294 g/mol. The van der Waals surface area contributed by atoms with E-state index >= 15 is 0 Å². The number of amides is 2. The SMILES string of the molecule is O=C(NCCc1ccccc1)C(=O)N/N=C\c1cccc(O)c1. The molecule has 0 heterocycles. The lowest BCUT2D eigenvalue weighted by Gasteiger charge is -2.04. The minimum atomic E-state index is -0.838. The maximum Gasteiger partial charge on any atom is 0.329 e. The van der Waals surface area contributed by atoms with Gasteiger partial charge in [0.05, 0.1) is 6.21 Å². The highest BCUT2D eigenvalue weighted by Crippen LogP contribution is 2.08. The number of carbonyl (C=O) groups excluding carboxylic acids is 2. The molecular formula is C17H17N3O3. The number of hydrogen-bond acceptors (Lipinski definition) is 4. The van der Waals surface area contributed by atoms with Gasteiger partial charge in [0.2, 0.25) is 0 Å². The van der Waals surface area contributed by atoms with E-state index in [0.717, 1.165) is 5.56 Å². The van der Waals surface area contributed by atoms with Gasteiger partial charge in [-0.05, 0) is 29.7 Å². The van der Waals surface area contributed by atoms with Gasteiger partial charge >= 0.3 is 11.8 Å². The maximum atomic E-state index is 11.6. The molecule has 2 rings (SSSR count). The number of rotatable bonds is 5. The summed E-state index contributed by atoms with van der Waals surface area (Å²) in [6.45, 7) is 0.368. The summed E-state index contributed by atoms with van der Waals surface area (Å²) in [5.74, 6) is -1.48. The minimum absolute atomic E-state index is 0.0962. The van der Waals surface area contributed by atoms with Crippen molar-refractivity contribution in [3.63, 3.8) is 0 Å². The van der Waals surface area contributed by atoms with Crippen LogP contribution in [0.3, 0.4) is 0 Å². The molecule has 0 aromatic heterocycles. The van der Waals surface area contributed by atoms with E-state index in [9.17, 15) is 14.7 Å². The van der Waals surface area contributed by atoms with E-state index < -0.39 is 11.8 Å². The molecule has 2 amide bonds. The second kappa shape index (κ2) is 8.33. The molecule has 0 aliphatic heterocycles. The fourth-order valence-corrected chi connectivity index (χ4v) is 1.87. The van der Waals surface area contributed by atoms with Crippen molar-refractivity contribution in [2.45, 2.75) is 6.42 Å². The Morgan fingerprint density at radius 1 is 1.04 bits per heavy atom. The summed E-state index contributed by atoms with van der Waals surface area (Å²) in [7, 11) is 0. The first-order valence-corrected chi connectivity index (χ1v) is 7.09. The normalized spacial score (nSPS) is 10.4. The average Bonchev–Trinajstić information content (AvgIpc) is 2.55. The van der Waals surface area contributed by atoms with E-state index in [-0.39, 0.29) is 5.75 Å². The van der Waals surface area contributed by atoms with Crippen molar-refractivity contribution in [3.05, 3.63) is 65.7 Å². The van der Waals surface area contributed by atoms with E-state index in [1.165, 1.54) is 18.3 Å². The monoisotopic (exact) mass is 311 g/mol. The Morgan fingerprint density at radius 3 is 2.57 bits per heavy atom. The van der Waals surface area contributed by atoms with E-state index in [4.69, 9.17) is 0 Å². The molecule has 3 N–H and O–H groups in total. The van der Waals surface area contributed by atoms with Crippen LogP contribution in [-0.2, 0) is 16.0 Å². The van der Waals surface area contributed by atoms with Gasteiger partial charge in [0.1, 0.15) is 5.75 Å². The zero-order valence-corrected chi connectivity index (χ0v) is 12.4. The van der Waals surface area contributed by atoms with Crippen LogP contribution < -0.4 is 10.7 Å². The molecule has 0 aliphatic carbocycles. The van der Waals surface area contributed by atoms with Crippen LogP contribution >= 0.6 is 0 Å². The Morgan fingerprint density at radius 2 is 1.83 bits per heavy atom. The Hall–Kier alpha value is -3.15. The Labute approximate surface area is 133 Å². The number of hydrazone groups is 1. The summed E-state index contributed by atoms with van der Waals surface area (Å²) in [5.41, 5.74) is 3.82. The fourth-order valence-electron chi connectivity index (χ4n) is 1.87. The molecule has 118 valence electrons. The summed E-state index contributed by atoms with van der Waals surface area (Å²) >= 11 is 0. The topological polar surface area (TPSA) is 90.8 Å². The number of carbonyl (C=O) groups is 2. The van der Waals surface area contributed by atoms with Gasteiger partial charge in [0.15, 0.2) is 0 Å². The van der Waals surface area contributed by atoms with Crippen molar-refractivity contribution in [1.29, 1.82) is 0 Å². The largest absolute Gasteiger partial charge is 0.508 e. The van der Waals surface area contributed by atoms with Crippen LogP contribution in [0, 0.1) is 0 Å². The number of nitrogens with one attached hydrogen (secondary N) is 2. The first kappa shape index (κ1) is 16.2. The third kappa shape index (κ3) is 5.62. The van der Waals surface area contributed by atoms with Crippen LogP contribution in [0.5, 0.6) is 5.75 Å². The van der Waals surface area contributed by atoms with Crippen LogP contribution in [0.2, 0.25) is 0 Å². The molecule has 0 bridgehead atoms. The molecule has 23 heavy (non-hydrogen) atoms. The lowest BCUT2D eigenvalue weighted by atomic mass is 10.1. The summed E-state index contributed by atoms with van der Waals surface area (Å²) in [5, 5.41) is 15.5. The quantitative estimate of drug-likeness (QED) is 0.440. The molecule has 2 aromatic rings. The van der Waals surface area contributed by atoms with Crippen LogP contribution in [0.15, 0.2) is 59.7 Å². The molecule has 0 saturated carbocycles. The zero-order chi connectivity index (χ0) is 16.5. The van der Waals surface area contributed by atoms with Gasteiger partial charge in [-0.25, -0.2) is 5.43 Å². The van der Waals surface area contributed by atoms with Crippen LogP contribution in [0.25, 0.3) is 0 Å². The fraction of sp³-hybridized carbons (Fsp3) is 0.118. The average molecular weight is 311 g/mol. The van der Waals surface area contributed by atoms with Gasteiger partial charge in [0.25, 0.3) is 0 Å². The van der Waals surface area contributed by atoms with Gasteiger partial charge in [-0.2, -0.15) is 5.10 Å². The van der Waals surface area contributed by atoms with Gasteiger partial charge in [-0.1, -0.05) is 42.5 Å². The predicted molar refractivity (Wildman–Crippen MR) is 87.0 cm³/mol. The third-order valence-corrected chi connectivity index (χ3v) is 3.00. The number of phenolic OH excluding ortho intramolecular Hbond substituents is 1. The van der Waals surface area contributed by atoms with Crippen molar-refractivity contribution in [2.75, 3.05) is 6.54 Å². The smallest absolute Gasteiger partial charge is 0.329 e. The third-order valence-electron chi connectivity index (χ3n) is 3.00. The van der Waals surface area contributed by atoms with Crippen LogP contribution in [0.1, 0.15) is 11.1 Å². The molecule has 0 saturated heterocycles. The molecule has 0 fully saturated rings. The Bertz CT molecular complexity index is 699. The second-order valence-corrected chi connectivity index (χ2v) is 4.79. The first-order chi connectivity index (χ1) is 11.1. The summed E-state index contributed by atoms with van der Waals surface area (Å²) in [4.78, 5) is 23.1. The van der Waals surface area contributed by atoms with Gasteiger partial charge in [-0.3, -0.25) is 9.59 Å². The highest BCUT2D eigenvalue weighted by Gasteiger charge is 2.11. The predicted octanol–water partition coefficient (Wildman–Crippen LogP) is 1.20. The Kier molecular flexibility index (Phi) is 5.88. The highest BCUT2D eigenvalue weighted by atomic mass is 16.3. The zero-order valence-electron chi connectivity index (χ0n) is 12.4. The lowest BCUT2D eigenvalue weighted by Crippen LogP contribution is -2.38. The van der Waals surface area contributed by atoms with E-state index in [1.807, 2.05) is 30.3 Å². The second-order valence-electron chi connectivity index (χ2n) is 4.79. The number of benzene rings is 2. The van der Waals surface area contributed by atoms with Crippen molar-refractivity contribution in [3.8, 4) is 5.75 Å². The van der Waals surface area contributed by atoms with Crippen molar-refractivity contribution < 1.29 is 14.7 Å². The molecule has 2 aromatic carbocycles. The molecule has 0 aliphatic rings. The molecule has 0 unspecified atom stereocenters. The Balaban J connectivity index is 1.73. The number of nitrogens with zero attached hydrogens (tertiary/aromatic N) is 1. The van der Waals surface area contributed by atoms with Crippen molar-refractivity contribution in [2.24, 2.45) is 5.10 Å². The van der Waals surface area contributed by atoms with Crippen molar-refractivity contribution >= 4 is 18.0 Å². The van der Waals surface area contributed by atoms with Crippen molar-refractivity contribution in [1.82, 2.24) is 10.7 Å². The van der Waals surface area contributed by atoms with Crippen LogP contribution in [-0.4, -0.2) is 29.7 Å². The number of phenols is 1. The van der Waals surface area contributed by atoms with Gasteiger partial charge in [0, 0.05) is 6.54 Å². The van der Waals surface area contributed by atoms with E-state index in [2.05, 4.69) is 15.8 Å². The summed E-state index contributed by atoms with van der Waals surface area (Å²) in [6, 6.07) is 16.0. The van der Waals surface area contributed by atoms with E-state index in [1.54, 1.807) is 12.1 Å². The molecule has 0 atom stereocenters.